The van der Waals surface area contributed by atoms with Gasteiger partial charge in [0.25, 0.3) is 11.5 Å². The van der Waals surface area contributed by atoms with Gasteiger partial charge in [0.05, 0.1) is 35.1 Å². The van der Waals surface area contributed by atoms with Gasteiger partial charge in [-0.3, -0.25) is 9.59 Å². The van der Waals surface area contributed by atoms with Crippen LogP contribution in [0.4, 0.5) is 17.6 Å². The average Bonchev–Trinajstić information content (AvgIpc) is 3.27. The first-order chi connectivity index (χ1) is 18.8. The lowest BCUT2D eigenvalue weighted by molar-refractivity contribution is -0.205. The monoisotopic (exact) mass is 579 g/mol. The van der Waals surface area contributed by atoms with Crippen molar-refractivity contribution in [3.63, 3.8) is 0 Å². The second-order valence-corrected chi connectivity index (χ2v) is 11.0. The molecule has 0 saturated heterocycles. The number of hydrogen-bond acceptors (Lipinski definition) is 8. The molecule has 0 aliphatic carbocycles. The summed E-state index contributed by atoms with van der Waals surface area (Å²) in [6.45, 7) is 2.67. The van der Waals surface area contributed by atoms with E-state index in [9.17, 15) is 42.2 Å². The largest absolute Gasteiger partial charge is 0.458 e. The molecule has 1 amide bonds. The fourth-order valence-corrected chi connectivity index (χ4v) is 6.89. The summed E-state index contributed by atoms with van der Waals surface area (Å²) in [5, 5.41) is 23.3. The number of carbonyl (C=O) groups excluding carboxylic acids is 2. The molecule has 3 atom stereocenters. The smallest absolute Gasteiger partial charge is 0.423 e. The van der Waals surface area contributed by atoms with Gasteiger partial charge >= 0.3 is 12.1 Å². The molecule has 3 aromatic rings. The molecule has 9 nitrogen and oxygen atoms in total. The number of cyclic esters (lactones) is 1. The van der Waals surface area contributed by atoms with Crippen LogP contribution in [0.2, 0.25) is 0 Å². The summed E-state index contributed by atoms with van der Waals surface area (Å²) < 4.78 is 60.5. The molecule has 6 rings (SSSR count). The van der Waals surface area contributed by atoms with E-state index in [0.717, 1.165) is 11.8 Å². The predicted molar refractivity (Wildman–Crippen MR) is 133 cm³/mol. The normalized spacial score (nSPS) is 21.9. The standard InChI is InChI=1S/C26H21F4N3O6S/c1-3-25(38)12-4-16-19-10(6-33(16)23(36)11(12)7-39-24(25)37)17-15(32-22(35)21(34)26(28,29)30)8-40-20-9(2)13(27)5-14(31-19)18(17)20/h4-5,15,21,34,38H,3,6-8H2,1-2H3,(H,32,35)/t15-,21+,25+/m1/s1. The van der Waals surface area contributed by atoms with Crippen molar-refractivity contribution in [2.45, 2.75) is 62.2 Å². The highest BCUT2D eigenvalue weighted by Crippen LogP contribution is 2.48. The van der Waals surface area contributed by atoms with E-state index in [2.05, 4.69) is 10.3 Å². The van der Waals surface area contributed by atoms with Crippen LogP contribution in [0.15, 0.2) is 21.8 Å². The van der Waals surface area contributed by atoms with E-state index in [4.69, 9.17) is 4.74 Å². The van der Waals surface area contributed by atoms with Gasteiger partial charge < -0.3 is 24.8 Å². The van der Waals surface area contributed by atoms with E-state index in [-0.39, 0.29) is 53.4 Å². The molecule has 0 bridgehead atoms. The van der Waals surface area contributed by atoms with Crippen LogP contribution in [0.25, 0.3) is 22.3 Å². The van der Waals surface area contributed by atoms with Crippen molar-refractivity contribution in [3.8, 4) is 11.4 Å². The Labute approximate surface area is 227 Å². The van der Waals surface area contributed by atoms with Gasteiger partial charge in [0.1, 0.15) is 12.4 Å². The van der Waals surface area contributed by atoms with Crippen molar-refractivity contribution in [1.82, 2.24) is 14.9 Å². The van der Waals surface area contributed by atoms with Gasteiger partial charge in [0.2, 0.25) is 6.10 Å². The second-order valence-electron chi connectivity index (χ2n) is 9.98. The molecule has 2 aromatic heterocycles. The Kier molecular flexibility index (Phi) is 5.85. The molecule has 1 aromatic carbocycles. The van der Waals surface area contributed by atoms with Crippen LogP contribution in [0.1, 0.15) is 47.2 Å². The maximum atomic E-state index is 14.9. The number of aliphatic hydroxyl groups excluding tert-OH is 1. The number of pyridine rings is 2. The van der Waals surface area contributed by atoms with E-state index >= 15 is 0 Å². The van der Waals surface area contributed by atoms with Crippen LogP contribution in [-0.4, -0.2) is 49.7 Å². The Morgan fingerprint density at radius 2 is 2.05 bits per heavy atom. The molecular weight excluding hydrogens is 558 g/mol. The second kappa shape index (κ2) is 8.75. The molecule has 0 saturated carbocycles. The first-order valence-electron chi connectivity index (χ1n) is 12.3. The van der Waals surface area contributed by atoms with Crippen LogP contribution in [0, 0.1) is 12.7 Å². The Morgan fingerprint density at radius 3 is 2.73 bits per heavy atom. The average molecular weight is 580 g/mol. The minimum absolute atomic E-state index is 0.0266. The number of carbonyl (C=O) groups is 2. The van der Waals surface area contributed by atoms with Crippen molar-refractivity contribution < 1.29 is 42.1 Å². The van der Waals surface area contributed by atoms with Crippen molar-refractivity contribution >= 4 is 34.5 Å². The van der Waals surface area contributed by atoms with Crippen LogP contribution < -0.4 is 10.9 Å². The Morgan fingerprint density at radius 1 is 1.32 bits per heavy atom. The topological polar surface area (TPSA) is 131 Å². The van der Waals surface area contributed by atoms with Crippen LogP contribution in [0.5, 0.6) is 0 Å². The molecule has 3 aliphatic heterocycles. The molecule has 3 aliphatic rings. The molecule has 5 heterocycles. The maximum absolute atomic E-state index is 14.9. The van der Waals surface area contributed by atoms with Crippen molar-refractivity contribution in [2.75, 3.05) is 5.75 Å². The lowest BCUT2D eigenvalue weighted by atomic mass is 9.86. The summed E-state index contributed by atoms with van der Waals surface area (Å²) in [5.74, 6) is -3.09. The van der Waals surface area contributed by atoms with Crippen LogP contribution in [-0.2, 0) is 33.1 Å². The number of nitrogens with one attached hydrogen (secondary N) is 1. The molecule has 0 spiro atoms. The van der Waals surface area contributed by atoms with Gasteiger partial charge in [-0.2, -0.15) is 13.2 Å². The van der Waals surface area contributed by atoms with Crippen molar-refractivity contribution in [2.24, 2.45) is 0 Å². The minimum Gasteiger partial charge on any atom is -0.458 e. The number of thioether (sulfide) groups is 1. The highest BCUT2D eigenvalue weighted by Gasteiger charge is 2.47. The number of rotatable bonds is 3. The Hall–Kier alpha value is -3.49. The summed E-state index contributed by atoms with van der Waals surface area (Å²) in [5.41, 5.74) is -0.834. The van der Waals surface area contributed by atoms with E-state index in [0.29, 0.717) is 27.0 Å². The van der Waals surface area contributed by atoms with Gasteiger partial charge in [-0.25, -0.2) is 14.2 Å². The van der Waals surface area contributed by atoms with Gasteiger partial charge in [-0.05, 0) is 30.5 Å². The number of nitrogens with zero attached hydrogens (tertiary/aromatic N) is 2. The van der Waals surface area contributed by atoms with Crippen molar-refractivity contribution in [3.05, 3.63) is 56.1 Å². The molecule has 40 heavy (non-hydrogen) atoms. The zero-order valence-corrected chi connectivity index (χ0v) is 21.8. The third-order valence-electron chi connectivity index (χ3n) is 7.78. The highest BCUT2D eigenvalue weighted by atomic mass is 32.2. The molecular formula is C26H21F4N3O6S. The SMILES string of the molecule is CC[C@@]1(O)C(=O)OCc2c1cc1n(c2=O)Cc2c-1nc1cc(F)c(C)c3c1c2[C@H](NC(=O)[C@H](O)C(F)(F)F)CS3. The van der Waals surface area contributed by atoms with Gasteiger partial charge in [-0.1, -0.05) is 6.92 Å². The lowest BCUT2D eigenvalue weighted by Gasteiger charge is -2.31. The molecule has 210 valence electrons. The van der Waals surface area contributed by atoms with E-state index < -0.39 is 47.2 Å². The number of halogens is 4. The summed E-state index contributed by atoms with van der Waals surface area (Å²) in [4.78, 5) is 43.5. The maximum Gasteiger partial charge on any atom is 0.423 e. The third-order valence-corrected chi connectivity index (χ3v) is 9.08. The number of ether oxygens (including phenoxy) is 1. The third kappa shape index (κ3) is 3.62. The number of hydrogen-bond donors (Lipinski definition) is 3. The van der Waals surface area contributed by atoms with Gasteiger partial charge in [0, 0.05) is 33.2 Å². The molecule has 0 radical (unpaired) electrons. The number of esters is 1. The summed E-state index contributed by atoms with van der Waals surface area (Å²) in [6.07, 6.45) is -8.52. The first kappa shape index (κ1) is 26.7. The van der Waals surface area contributed by atoms with Crippen molar-refractivity contribution in [1.29, 1.82) is 0 Å². The molecule has 3 N–H and O–H groups in total. The molecule has 14 heteroatoms. The number of aromatic nitrogens is 2. The highest BCUT2D eigenvalue weighted by molar-refractivity contribution is 7.99. The zero-order valence-electron chi connectivity index (χ0n) is 21.0. The number of alkyl halides is 3. The Bertz CT molecular complexity index is 1720. The Balaban J connectivity index is 1.60. The van der Waals surface area contributed by atoms with Gasteiger partial charge in [-0.15, -0.1) is 11.8 Å². The first-order valence-corrected chi connectivity index (χ1v) is 13.3. The summed E-state index contributed by atoms with van der Waals surface area (Å²) in [6, 6.07) is 1.59. The number of fused-ring (bicyclic) bond motifs is 5. The fourth-order valence-electron chi connectivity index (χ4n) is 5.64. The van der Waals surface area contributed by atoms with E-state index in [1.54, 1.807) is 13.8 Å². The quantitative estimate of drug-likeness (QED) is 0.250. The van der Waals surface area contributed by atoms with E-state index in [1.807, 2.05) is 0 Å². The predicted octanol–water partition coefficient (Wildman–Crippen LogP) is 2.71. The minimum atomic E-state index is -5.18. The van der Waals surface area contributed by atoms with E-state index in [1.165, 1.54) is 16.7 Å². The molecule has 0 unspecified atom stereocenters. The van der Waals surface area contributed by atoms with Crippen LogP contribution >= 0.6 is 11.8 Å². The number of amides is 1. The summed E-state index contributed by atoms with van der Waals surface area (Å²) >= 11 is 1.13. The van der Waals surface area contributed by atoms with Crippen LogP contribution in [0.3, 0.4) is 0 Å². The number of benzene rings is 1. The zero-order chi connectivity index (χ0) is 28.9. The number of aliphatic hydroxyl groups is 2. The fraction of sp³-hybridized carbons (Fsp3) is 0.385. The lowest BCUT2D eigenvalue weighted by Crippen LogP contribution is -2.46. The molecule has 0 fully saturated rings. The summed E-state index contributed by atoms with van der Waals surface area (Å²) in [7, 11) is 0. The van der Waals surface area contributed by atoms with Gasteiger partial charge in [0.15, 0.2) is 5.60 Å².